The lowest BCUT2D eigenvalue weighted by atomic mass is 9.94. The molecule has 2 N–H and O–H groups in total. The fourth-order valence-electron chi connectivity index (χ4n) is 6.42. The average Bonchev–Trinajstić information content (AvgIpc) is 3.30. The molecule has 3 atom stereocenters. The molecule has 3 fully saturated rings. The Bertz CT molecular complexity index is 1790. The van der Waals surface area contributed by atoms with E-state index in [4.69, 9.17) is 4.74 Å². The SMILES string of the molecule is CCn1cc(C(=O)O)c(=O)c2cc(F)c(N3CCN(C(=O)C4N5C(=O)[C@@H](NC(=O)COc6ccccc6)[C@H]5SC4(C)C)CC3)cc21. The maximum atomic E-state index is 15.4. The van der Waals surface area contributed by atoms with Gasteiger partial charge in [-0.25, -0.2) is 9.18 Å². The first-order chi connectivity index (χ1) is 21.9. The van der Waals surface area contributed by atoms with Gasteiger partial charge in [0.25, 0.3) is 5.91 Å². The van der Waals surface area contributed by atoms with Gasteiger partial charge in [0.1, 0.15) is 34.6 Å². The van der Waals surface area contributed by atoms with Crippen LogP contribution in [0, 0.1) is 5.82 Å². The smallest absolute Gasteiger partial charge is 0.341 e. The normalized spacial score (nSPS) is 22.0. The highest BCUT2D eigenvalue weighted by molar-refractivity contribution is 8.01. The van der Waals surface area contributed by atoms with Crippen LogP contribution in [0.1, 0.15) is 31.1 Å². The van der Waals surface area contributed by atoms with Gasteiger partial charge in [0, 0.05) is 49.1 Å². The second kappa shape index (κ2) is 12.0. The molecule has 3 aliphatic heterocycles. The van der Waals surface area contributed by atoms with Gasteiger partial charge in [-0.1, -0.05) is 18.2 Å². The van der Waals surface area contributed by atoms with E-state index in [1.54, 1.807) is 56.5 Å². The maximum absolute atomic E-state index is 15.4. The first-order valence-corrected chi connectivity index (χ1v) is 15.9. The minimum atomic E-state index is -1.37. The Morgan fingerprint density at radius 2 is 1.78 bits per heavy atom. The zero-order valence-corrected chi connectivity index (χ0v) is 26.4. The van der Waals surface area contributed by atoms with Crippen molar-refractivity contribution in [2.75, 3.05) is 37.7 Å². The van der Waals surface area contributed by atoms with Crippen molar-refractivity contribution in [2.45, 2.75) is 49.5 Å². The number of carboxylic acids is 1. The van der Waals surface area contributed by atoms with Crippen molar-refractivity contribution in [1.29, 1.82) is 0 Å². The lowest BCUT2D eigenvalue weighted by molar-refractivity contribution is -0.158. The Kier molecular flexibility index (Phi) is 8.17. The number of fused-ring (bicyclic) bond motifs is 2. The molecular formula is C32H34FN5O7S. The molecule has 0 radical (unpaired) electrons. The highest BCUT2D eigenvalue weighted by atomic mass is 32.2. The number of piperazine rings is 1. The molecule has 3 aliphatic rings. The van der Waals surface area contributed by atoms with E-state index in [0.717, 1.165) is 6.07 Å². The Hall–Kier alpha value is -4.59. The molecule has 0 saturated carbocycles. The molecule has 0 bridgehead atoms. The molecule has 3 saturated heterocycles. The summed E-state index contributed by atoms with van der Waals surface area (Å²) >= 11 is 1.47. The fourth-order valence-corrected chi connectivity index (χ4v) is 8.05. The van der Waals surface area contributed by atoms with E-state index >= 15 is 4.39 Å². The van der Waals surface area contributed by atoms with Crippen LogP contribution >= 0.6 is 11.8 Å². The first-order valence-electron chi connectivity index (χ1n) is 15.0. The summed E-state index contributed by atoms with van der Waals surface area (Å²) in [5, 5.41) is 11.8. The Labute approximate surface area is 268 Å². The number of nitrogens with one attached hydrogen (secondary N) is 1. The summed E-state index contributed by atoms with van der Waals surface area (Å²) in [5.41, 5.74) is -0.483. The number of amides is 3. The third-order valence-electron chi connectivity index (χ3n) is 8.76. The summed E-state index contributed by atoms with van der Waals surface area (Å²) < 4.78 is 21.8. The summed E-state index contributed by atoms with van der Waals surface area (Å²) in [6.45, 7) is 6.97. The number of rotatable bonds is 8. The topological polar surface area (TPSA) is 141 Å². The zero-order valence-electron chi connectivity index (χ0n) is 25.6. The minimum Gasteiger partial charge on any atom is -0.484 e. The van der Waals surface area contributed by atoms with Crippen molar-refractivity contribution >= 4 is 52.0 Å². The molecule has 3 amide bonds. The number of pyridine rings is 1. The van der Waals surface area contributed by atoms with Crippen LogP contribution in [0.2, 0.25) is 0 Å². The summed E-state index contributed by atoms with van der Waals surface area (Å²) in [6, 6.07) is 10.0. The van der Waals surface area contributed by atoms with Crippen LogP contribution in [0.3, 0.4) is 0 Å². The van der Waals surface area contributed by atoms with Gasteiger partial charge in [0.15, 0.2) is 6.61 Å². The first kappa shape index (κ1) is 31.4. The summed E-state index contributed by atoms with van der Waals surface area (Å²) in [7, 11) is 0. The predicted octanol–water partition coefficient (Wildman–Crippen LogP) is 2.13. The number of ether oxygens (including phenoxy) is 1. The number of aromatic nitrogens is 1. The second-order valence-electron chi connectivity index (χ2n) is 12.0. The molecule has 12 nitrogen and oxygen atoms in total. The van der Waals surface area contributed by atoms with Gasteiger partial charge in [0.2, 0.25) is 17.2 Å². The van der Waals surface area contributed by atoms with Gasteiger partial charge in [0.05, 0.1) is 11.2 Å². The van der Waals surface area contributed by atoms with Crippen LogP contribution in [0.4, 0.5) is 10.1 Å². The van der Waals surface area contributed by atoms with Crippen LogP contribution in [-0.4, -0.2) is 98.2 Å². The van der Waals surface area contributed by atoms with Gasteiger partial charge in [-0.15, -0.1) is 11.8 Å². The molecule has 0 aliphatic carbocycles. The number of halogens is 1. The fraction of sp³-hybridized carbons (Fsp3) is 0.406. The third-order valence-corrected chi connectivity index (χ3v) is 10.3. The summed E-state index contributed by atoms with van der Waals surface area (Å²) in [6.07, 6.45) is 1.27. The zero-order chi connectivity index (χ0) is 32.9. The largest absolute Gasteiger partial charge is 0.484 e. The van der Waals surface area contributed by atoms with E-state index in [0.29, 0.717) is 30.9 Å². The van der Waals surface area contributed by atoms with E-state index in [9.17, 15) is 29.1 Å². The quantitative estimate of drug-likeness (QED) is 0.351. The number of hydrogen-bond donors (Lipinski definition) is 2. The number of carboxylic acid groups (broad SMARTS) is 1. The predicted molar refractivity (Wildman–Crippen MR) is 170 cm³/mol. The van der Waals surface area contributed by atoms with Gasteiger partial charge in [-0.05, 0) is 45.0 Å². The molecule has 1 unspecified atom stereocenters. The lowest BCUT2D eigenvalue weighted by Gasteiger charge is -2.46. The van der Waals surface area contributed by atoms with Crippen LogP contribution < -0.4 is 20.4 Å². The molecule has 46 heavy (non-hydrogen) atoms. The standard InChI is InChI=1S/C32H34FN5O7S/c1-4-35-16-20(31(43)44)26(40)19-14-21(33)23(15-22(19)35)36-10-12-37(13-11-36)29(42)27-32(2,3)46-30-25(28(41)38(27)30)34-24(39)17-45-18-8-6-5-7-9-18/h5-9,14-16,25,27,30H,4,10-13,17H2,1-3H3,(H,34,39)(H,43,44)/t25-,27?,30-/m1/s1. The number of anilines is 1. The van der Waals surface area contributed by atoms with Crippen LogP contribution in [0.5, 0.6) is 5.75 Å². The number of thioether (sulfide) groups is 1. The Balaban J connectivity index is 1.11. The number of aromatic carboxylic acids is 1. The van der Waals surface area contributed by atoms with E-state index in [1.165, 1.54) is 18.0 Å². The van der Waals surface area contributed by atoms with E-state index in [1.807, 2.05) is 19.9 Å². The Morgan fingerprint density at radius 1 is 1.09 bits per heavy atom. The molecule has 3 aromatic rings. The summed E-state index contributed by atoms with van der Waals surface area (Å²) in [4.78, 5) is 69.0. The van der Waals surface area contributed by atoms with Crippen LogP contribution in [0.25, 0.3) is 10.9 Å². The number of nitrogens with zero attached hydrogens (tertiary/aromatic N) is 4. The average molecular weight is 652 g/mol. The number of β-lactam (4-membered cyclic amide) rings is 1. The van der Waals surface area contributed by atoms with Crippen molar-refractivity contribution in [3.63, 3.8) is 0 Å². The van der Waals surface area contributed by atoms with E-state index in [-0.39, 0.29) is 48.0 Å². The Morgan fingerprint density at radius 3 is 2.43 bits per heavy atom. The molecule has 0 spiro atoms. The molecule has 14 heteroatoms. The monoisotopic (exact) mass is 651 g/mol. The van der Waals surface area contributed by atoms with Crippen molar-refractivity contribution in [1.82, 2.24) is 19.7 Å². The molecule has 6 rings (SSSR count). The van der Waals surface area contributed by atoms with Gasteiger partial charge < -0.3 is 34.4 Å². The highest BCUT2D eigenvalue weighted by Crippen LogP contribution is 2.51. The van der Waals surface area contributed by atoms with Crippen molar-refractivity contribution in [3.8, 4) is 5.75 Å². The lowest BCUT2D eigenvalue weighted by Crippen LogP contribution is -2.72. The molecule has 2 aromatic carbocycles. The number of para-hydroxylation sites is 1. The van der Waals surface area contributed by atoms with Crippen molar-refractivity contribution < 1.29 is 33.4 Å². The van der Waals surface area contributed by atoms with E-state index in [2.05, 4.69) is 5.32 Å². The number of aryl methyl sites for hydroxylation is 1. The maximum Gasteiger partial charge on any atom is 0.341 e. The van der Waals surface area contributed by atoms with Gasteiger partial charge in [-0.3, -0.25) is 19.2 Å². The van der Waals surface area contributed by atoms with Crippen LogP contribution in [-0.2, 0) is 20.9 Å². The summed E-state index contributed by atoms with van der Waals surface area (Å²) in [5.74, 6) is -2.43. The van der Waals surface area contributed by atoms with Crippen molar-refractivity contribution in [2.24, 2.45) is 0 Å². The number of benzene rings is 2. The molecular weight excluding hydrogens is 617 g/mol. The number of carbonyl (C=O) groups is 4. The molecule has 4 heterocycles. The molecule has 242 valence electrons. The second-order valence-corrected chi connectivity index (χ2v) is 13.8. The number of carbonyl (C=O) groups excluding carboxylic acids is 3. The molecule has 1 aromatic heterocycles. The third kappa shape index (κ3) is 5.44. The van der Waals surface area contributed by atoms with Gasteiger partial charge in [-0.2, -0.15) is 0 Å². The van der Waals surface area contributed by atoms with Crippen LogP contribution in [0.15, 0.2) is 53.5 Å². The van der Waals surface area contributed by atoms with Gasteiger partial charge >= 0.3 is 5.97 Å². The van der Waals surface area contributed by atoms with Crippen molar-refractivity contribution in [3.05, 3.63) is 70.3 Å². The highest BCUT2D eigenvalue weighted by Gasteiger charge is 2.64. The number of hydrogen-bond acceptors (Lipinski definition) is 8. The van der Waals surface area contributed by atoms with E-state index < -0.39 is 45.5 Å². The minimum absolute atomic E-state index is 0.00948.